The fourth-order valence-corrected chi connectivity index (χ4v) is 1.63. The minimum atomic E-state index is 0.114. The summed E-state index contributed by atoms with van der Waals surface area (Å²) in [5.74, 6) is 0. The second-order valence-corrected chi connectivity index (χ2v) is 4.27. The van der Waals surface area contributed by atoms with Crippen LogP contribution in [0.5, 0.6) is 0 Å². The number of nitrogens with zero attached hydrogens (tertiary/aromatic N) is 2. The van der Waals surface area contributed by atoms with Crippen LogP contribution in [-0.2, 0) is 0 Å². The van der Waals surface area contributed by atoms with Gasteiger partial charge in [-0.1, -0.05) is 12.1 Å². The molecule has 0 spiro atoms. The standard InChI is InChI=1S/C13H13N5S/c14-11-3-1-2-9(6-11)10-4-5-16-12(7-10)8-17-18-13(15)19/h1-8H,14H2,(H3,15,18,19)/b17-8-. The zero-order valence-electron chi connectivity index (χ0n) is 10.1. The summed E-state index contributed by atoms with van der Waals surface area (Å²) < 4.78 is 0. The second kappa shape index (κ2) is 5.92. The first-order valence-corrected chi connectivity index (χ1v) is 5.96. The second-order valence-electron chi connectivity index (χ2n) is 3.83. The van der Waals surface area contributed by atoms with E-state index in [2.05, 4.69) is 27.7 Å². The third-order valence-corrected chi connectivity index (χ3v) is 2.46. The Kier molecular flexibility index (Phi) is 4.04. The van der Waals surface area contributed by atoms with Crippen molar-refractivity contribution < 1.29 is 0 Å². The molecule has 96 valence electrons. The van der Waals surface area contributed by atoms with E-state index in [9.17, 15) is 0 Å². The van der Waals surface area contributed by atoms with Gasteiger partial charge in [0.1, 0.15) is 0 Å². The number of nitrogen functional groups attached to an aromatic ring is 1. The highest BCUT2D eigenvalue weighted by Gasteiger charge is 1.99. The Morgan fingerprint density at radius 3 is 2.79 bits per heavy atom. The molecule has 0 amide bonds. The van der Waals surface area contributed by atoms with Crippen molar-refractivity contribution in [3.63, 3.8) is 0 Å². The van der Waals surface area contributed by atoms with Crippen LogP contribution in [0.1, 0.15) is 5.69 Å². The number of hydrogen-bond donors (Lipinski definition) is 3. The molecule has 0 unspecified atom stereocenters. The van der Waals surface area contributed by atoms with Crippen LogP contribution in [0, 0.1) is 0 Å². The van der Waals surface area contributed by atoms with E-state index in [-0.39, 0.29) is 5.11 Å². The number of aromatic nitrogens is 1. The zero-order valence-corrected chi connectivity index (χ0v) is 10.9. The average Bonchev–Trinajstić information content (AvgIpc) is 2.39. The normalized spacial score (nSPS) is 10.5. The van der Waals surface area contributed by atoms with E-state index < -0.39 is 0 Å². The first-order valence-electron chi connectivity index (χ1n) is 5.55. The molecule has 0 bridgehead atoms. The van der Waals surface area contributed by atoms with E-state index >= 15 is 0 Å². The molecule has 0 atom stereocenters. The number of hydrogen-bond acceptors (Lipinski definition) is 4. The maximum atomic E-state index is 5.77. The topological polar surface area (TPSA) is 89.3 Å². The Morgan fingerprint density at radius 2 is 2.05 bits per heavy atom. The summed E-state index contributed by atoms with van der Waals surface area (Å²) >= 11 is 4.65. The van der Waals surface area contributed by atoms with Crippen LogP contribution in [0.2, 0.25) is 0 Å². The van der Waals surface area contributed by atoms with Crippen LogP contribution < -0.4 is 16.9 Å². The fourth-order valence-electron chi connectivity index (χ4n) is 1.58. The van der Waals surface area contributed by atoms with Crippen LogP contribution in [-0.4, -0.2) is 16.3 Å². The van der Waals surface area contributed by atoms with Crippen LogP contribution in [0.25, 0.3) is 11.1 Å². The molecule has 5 nitrogen and oxygen atoms in total. The van der Waals surface area contributed by atoms with Gasteiger partial charge in [0, 0.05) is 11.9 Å². The molecule has 0 saturated carbocycles. The van der Waals surface area contributed by atoms with Gasteiger partial charge >= 0.3 is 0 Å². The molecule has 1 aromatic carbocycles. The van der Waals surface area contributed by atoms with E-state index in [4.69, 9.17) is 11.5 Å². The molecule has 6 heteroatoms. The Morgan fingerprint density at radius 1 is 1.26 bits per heavy atom. The highest BCUT2D eigenvalue weighted by Crippen LogP contribution is 2.21. The Labute approximate surface area is 116 Å². The van der Waals surface area contributed by atoms with Crippen molar-refractivity contribution in [3.05, 3.63) is 48.3 Å². The van der Waals surface area contributed by atoms with Gasteiger partial charge in [0.2, 0.25) is 0 Å². The molecule has 0 saturated heterocycles. The summed E-state index contributed by atoms with van der Waals surface area (Å²) in [6.45, 7) is 0. The molecule has 1 aromatic heterocycles. The average molecular weight is 271 g/mol. The summed E-state index contributed by atoms with van der Waals surface area (Å²) in [5.41, 5.74) is 17.0. The minimum absolute atomic E-state index is 0.114. The molecule has 5 N–H and O–H groups in total. The lowest BCUT2D eigenvalue weighted by molar-refractivity contribution is 1.04. The summed E-state index contributed by atoms with van der Waals surface area (Å²) in [7, 11) is 0. The van der Waals surface area contributed by atoms with Crippen molar-refractivity contribution in [2.45, 2.75) is 0 Å². The molecule has 0 aliphatic rings. The van der Waals surface area contributed by atoms with Crippen molar-refractivity contribution >= 4 is 29.2 Å². The lowest BCUT2D eigenvalue weighted by atomic mass is 10.1. The van der Waals surface area contributed by atoms with Crippen molar-refractivity contribution in [1.82, 2.24) is 10.4 Å². The number of benzene rings is 1. The Hall–Kier alpha value is -2.47. The predicted octanol–water partition coefficient (Wildman–Crippen LogP) is 1.50. The summed E-state index contributed by atoms with van der Waals surface area (Å²) in [5, 5.41) is 3.98. The molecular weight excluding hydrogens is 258 g/mol. The monoisotopic (exact) mass is 271 g/mol. The minimum Gasteiger partial charge on any atom is -0.399 e. The van der Waals surface area contributed by atoms with Crippen molar-refractivity contribution in [2.75, 3.05) is 5.73 Å². The number of anilines is 1. The van der Waals surface area contributed by atoms with Gasteiger partial charge in [-0.15, -0.1) is 0 Å². The predicted molar refractivity (Wildman–Crippen MR) is 81.6 cm³/mol. The van der Waals surface area contributed by atoms with Crippen LogP contribution in [0.15, 0.2) is 47.7 Å². The summed E-state index contributed by atoms with van der Waals surface area (Å²) in [6, 6.07) is 11.5. The number of rotatable bonds is 3. The Balaban J connectivity index is 2.24. The van der Waals surface area contributed by atoms with E-state index in [0.29, 0.717) is 5.69 Å². The number of pyridine rings is 1. The van der Waals surface area contributed by atoms with Gasteiger partial charge in [0.05, 0.1) is 11.9 Å². The van der Waals surface area contributed by atoms with E-state index in [1.54, 1.807) is 12.4 Å². The van der Waals surface area contributed by atoms with Crippen LogP contribution >= 0.6 is 12.2 Å². The molecule has 19 heavy (non-hydrogen) atoms. The number of hydrazone groups is 1. The first kappa shape index (κ1) is 13.0. The molecule has 0 aliphatic heterocycles. The SMILES string of the molecule is NC(=S)N/N=C\c1cc(-c2cccc(N)c2)ccn1. The summed E-state index contributed by atoms with van der Waals surface area (Å²) in [6.07, 6.45) is 3.26. The third kappa shape index (κ3) is 3.75. The van der Waals surface area contributed by atoms with Gasteiger partial charge in [-0.3, -0.25) is 10.4 Å². The maximum Gasteiger partial charge on any atom is 0.184 e. The van der Waals surface area contributed by atoms with Crippen LogP contribution in [0.4, 0.5) is 5.69 Å². The highest BCUT2D eigenvalue weighted by atomic mass is 32.1. The van der Waals surface area contributed by atoms with Gasteiger partial charge in [-0.25, -0.2) is 0 Å². The van der Waals surface area contributed by atoms with E-state index in [1.807, 2.05) is 36.4 Å². The van der Waals surface area contributed by atoms with Gasteiger partial charge < -0.3 is 11.5 Å². The van der Waals surface area contributed by atoms with Crippen molar-refractivity contribution in [1.29, 1.82) is 0 Å². The zero-order chi connectivity index (χ0) is 13.7. The van der Waals surface area contributed by atoms with E-state index in [1.165, 1.54) is 0 Å². The molecule has 2 rings (SSSR count). The molecule has 0 fully saturated rings. The van der Waals surface area contributed by atoms with Crippen molar-refractivity contribution in [2.24, 2.45) is 10.8 Å². The van der Waals surface area contributed by atoms with Gasteiger partial charge in [0.15, 0.2) is 5.11 Å². The summed E-state index contributed by atoms with van der Waals surface area (Å²) in [4.78, 5) is 4.18. The van der Waals surface area contributed by atoms with E-state index in [0.717, 1.165) is 16.8 Å². The van der Waals surface area contributed by atoms with Crippen molar-refractivity contribution in [3.8, 4) is 11.1 Å². The lowest BCUT2D eigenvalue weighted by Crippen LogP contribution is -2.24. The maximum absolute atomic E-state index is 5.77. The fraction of sp³-hybridized carbons (Fsp3) is 0. The number of nitrogens with two attached hydrogens (primary N) is 2. The molecule has 2 aromatic rings. The Bertz CT molecular complexity index is 624. The smallest absolute Gasteiger partial charge is 0.184 e. The largest absolute Gasteiger partial charge is 0.399 e. The molecule has 0 radical (unpaired) electrons. The first-order chi connectivity index (χ1) is 9.15. The molecular formula is C13H13N5S. The third-order valence-electron chi connectivity index (χ3n) is 2.37. The van der Waals surface area contributed by atoms with Gasteiger partial charge in [0.25, 0.3) is 0 Å². The number of thiocarbonyl (C=S) groups is 1. The quantitative estimate of drug-likeness (QED) is 0.341. The number of nitrogens with one attached hydrogen (secondary N) is 1. The van der Waals surface area contributed by atoms with Crippen LogP contribution in [0.3, 0.4) is 0 Å². The highest BCUT2D eigenvalue weighted by molar-refractivity contribution is 7.80. The molecule has 0 aliphatic carbocycles. The lowest BCUT2D eigenvalue weighted by Gasteiger charge is -2.03. The van der Waals surface area contributed by atoms with Gasteiger partial charge in [-0.05, 0) is 47.6 Å². The molecule has 1 heterocycles. The van der Waals surface area contributed by atoms with Gasteiger partial charge in [-0.2, -0.15) is 5.10 Å².